The van der Waals surface area contributed by atoms with Gasteiger partial charge in [-0.1, -0.05) is 12.1 Å². The smallest absolute Gasteiger partial charge is 0.255 e. The van der Waals surface area contributed by atoms with E-state index in [2.05, 4.69) is 25.5 Å². The molecule has 3 aromatic heterocycles. The van der Waals surface area contributed by atoms with Crippen LogP contribution in [0.4, 0.5) is 4.39 Å². The highest BCUT2D eigenvalue weighted by Gasteiger charge is 2.18. The van der Waals surface area contributed by atoms with Gasteiger partial charge < -0.3 is 9.84 Å². The predicted octanol–water partition coefficient (Wildman–Crippen LogP) is 2.95. The maximum Gasteiger partial charge on any atom is 0.255 e. The summed E-state index contributed by atoms with van der Waals surface area (Å²) in [4.78, 5) is 20.9. The van der Waals surface area contributed by atoms with E-state index in [-0.39, 0.29) is 24.2 Å². The highest BCUT2D eigenvalue weighted by Crippen LogP contribution is 2.17. The largest absolute Gasteiger partial charge is 0.343 e. The summed E-state index contributed by atoms with van der Waals surface area (Å²) in [6.45, 7) is 2.01. The number of carbonyl (C=O) groups is 1. The fraction of sp³-hybridized carbons (Fsp3) is 0.150. The van der Waals surface area contributed by atoms with Gasteiger partial charge in [0, 0.05) is 18.0 Å². The zero-order chi connectivity index (χ0) is 20.2. The van der Waals surface area contributed by atoms with Crippen LogP contribution in [-0.2, 0) is 13.0 Å². The van der Waals surface area contributed by atoms with Crippen LogP contribution in [0.1, 0.15) is 28.9 Å². The van der Waals surface area contributed by atoms with Gasteiger partial charge >= 0.3 is 0 Å². The first-order valence-corrected chi connectivity index (χ1v) is 8.99. The van der Waals surface area contributed by atoms with Crippen molar-refractivity contribution >= 4 is 5.91 Å². The summed E-state index contributed by atoms with van der Waals surface area (Å²) in [5, 5.41) is 11.0. The lowest BCUT2D eigenvalue weighted by atomic mass is 10.2. The normalized spacial score (nSPS) is 10.8. The molecule has 146 valence electrons. The highest BCUT2D eigenvalue weighted by atomic mass is 19.1. The van der Waals surface area contributed by atoms with Crippen molar-refractivity contribution in [3.8, 4) is 17.1 Å². The summed E-state index contributed by atoms with van der Waals surface area (Å²) in [5.74, 6) is 0.0747. The number of halogens is 1. The van der Waals surface area contributed by atoms with E-state index in [1.807, 2.05) is 6.92 Å². The van der Waals surface area contributed by atoms with Crippen molar-refractivity contribution in [2.24, 2.45) is 0 Å². The molecule has 4 aromatic rings. The van der Waals surface area contributed by atoms with Crippen molar-refractivity contribution in [3.63, 3.8) is 0 Å². The van der Waals surface area contributed by atoms with Crippen LogP contribution < -0.4 is 5.32 Å². The number of nitrogens with one attached hydrogen (secondary N) is 1. The molecule has 0 saturated heterocycles. The van der Waals surface area contributed by atoms with E-state index in [4.69, 9.17) is 4.52 Å². The van der Waals surface area contributed by atoms with E-state index >= 15 is 0 Å². The molecule has 0 unspecified atom stereocenters. The van der Waals surface area contributed by atoms with E-state index in [1.54, 1.807) is 41.3 Å². The van der Waals surface area contributed by atoms with Crippen LogP contribution >= 0.6 is 0 Å². The summed E-state index contributed by atoms with van der Waals surface area (Å²) in [6.07, 6.45) is 5.34. The van der Waals surface area contributed by atoms with Gasteiger partial charge in [-0.05, 0) is 42.8 Å². The number of carbonyl (C=O) groups excluding carboxylic acids is 1. The molecule has 0 saturated carbocycles. The average molecular weight is 392 g/mol. The van der Waals surface area contributed by atoms with Gasteiger partial charge in [0.1, 0.15) is 5.82 Å². The minimum absolute atomic E-state index is 0.0851. The standard InChI is InChI=1S/C20H17FN6O2/c1-2-17-16(11-24-27(17)15-5-3-14(21)4-6-15)20(28)23-12-18-25-19(26-29-18)13-7-9-22-10-8-13/h3-11H,2,12H2,1H3,(H,23,28). The SMILES string of the molecule is CCc1c(C(=O)NCc2nc(-c3ccncc3)no2)cnn1-c1ccc(F)cc1. The lowest BCUT2D eigenvalue weighted by molar-refractivity contribution is 0.0945. The van der Waals surface area contributed by atoms with Crippen molar-refractivity contribution in [1.29, 1.82) is 0 Å². The topological polar surface area (TPSA) is 98.7 Å². The molecule has 0 fully saturated rings. The van der Waals surface area contributed by atoms with Crippen molar-refractivity contribution in [2.75, 3.05) is 0 Å². The van der Waals surface area contributed by atoms with Crippen molar-refractivity contribution < 1.29 is 13.7 Å². The third-order valence-electron chi connectivity index (χ3n) is 4.33. The molecule has 9 heteroatoms. The molecule has 0 aliphatic heterocycles. The number of amides is 1. The number of aromatic nitrogens is 5. The van der Waals surface area contributed by atoms with E-state index in [1.165, 1.54) is 18.3 Å². The van der Waals surface area contributed by atoms with Gasteiger partial charge in [-0.15, -0.1) is 0 Å². The lowest BCUT2D eigenvalue weighted by Crippen LogP contribution is -2.24. The molecule has 0 spiro atoms. The van der Waals surface area contributed by atoms with Gasteiger partial charge in [0.2, 0.25) is 11.7 Å². The maximum absolute atomic E-state index is 13.2. The average Bonchev–Trinajstić information content (AvgIpc) is 3.40. The molecular weight excluding hydrogens is 375 g/mol. The van der Waals surface area contributed by atoms with Crippen LogP contribution in [-0.4, -0.2) is 30.8 Å². The van der Waals surface area contributed by atoms with Crippen LogP contribution in [0, 0.1) is 5.82 Å². The molecule has 4 rings (SSSR count). The van der Waals surface area contributed by atoms with Gasteiger partial charge in [0.15, 0.2) is 0 Å². The Hall–Kier alpha value is -3.88. The van der Waals surface area contributed by atoms with Crippen LogP contribution in [0.2, 0.25) is 0 Å². The second kappa shape index (κ2) is 8.01. The van der Waals surface area contributed by atoms with Gasteiger partial charge in [-0.25, -0.2) is 9.07 Å². The fourth-order valence-electron chi connectivity index (χ4n) is 2.90. The first-order valence-electron chi connectivity index (χ1n) is 8.99. The molecular formula is C20H17FN6O2. The Bertz CT molecular complexity index is 1120. The quantitative estimate of drug-likeness (QED) is 0.542. The number of nitrogens with zero attached hydrogens (tertiary/aromatic N) is 5. The van der Waals surface area contributed by atoms with E-state index in [9.17, 15) is 9.18 Å². The molecule has 3 heterocycles. The van der Waals surface area contributed by atoms with E-state index < -0.39 is 0 Å². The molecule has 8 nitrogen and oxygen atoms in total. The molecule has 0 aliphatic rings. The van der Waals surface area contributed by atoms with Crippen molar-refractivity contribution in [1.82, 2.24) is 30.2 Å². The Balaban J connectivity index is 1.48. The molecule has 29 heavy (non-hydrogen) atoms. The van der Waals surface area contributed by atoms with Crippen LogP contribution in [0.5, 0.6) is 0 Å². The molecule has 0 radical (unpaired) electrons. The summed E-state index contributed by atoms with van der Waals surface area (Å²) >= 11 is 0. The van der Waals surface area contributed by atoms with Crippen LogP contribution in [0.15, 0.2) is 59.5 Å². The first kappa shape index (κ1) is 18.5. The van der Waals surface area contributed by atoms with Crippen LogP contribution in [0.3, 0.4) is 0 Å². The summed E-state index contributed by atoms with van der Waals surface area (Å²) in [7, 11) is 0. The van der Waals surface area contributed by atoms with Gasteiger partial charge in [0.25, 0.3) is 5.91 Å². The van der Waals surface area contributed by atoms with Crippen molar-refractivity contribution in [3.05, 3.63) is 78.0 Å². The van der Waals surface area contributed by atoms with Crippen LogP contribution in [0.25, 0.3) is 17.1 Å². The zero-order valence-electron chi connectivity index (χ0n) is 15.5. The maximum atomic E-state index is 13.2. The number of benzene rings is 1. The molecule has 0 bridgehead atoms. The Morgan fingerprint density at radius 3 is 2.66 bits per heavy atom. The van der Waals surface area contributed by atoms with E-state index in [0.717, 1.165) is 11.3 Å². The molecule has 0 atom stereocenters. The second-order valence-corrected chi connectivity index (χ2v) is 6.18. The van der Waals surface area contributed by atoms with Crippen molar-refractivity contribution in [2.45, 2.75) is 19.9 Å². The molecule has 0 aliphatic carbocycles. The Labute approximate surface area is 165 Å². The zero-order valence-corrected chi connectivity index (χ0v) is 15.5. The van der Waals surface area contributed by atoms with E-state index in [0.29, 0.717) is 23.5 Å². The van der Waals surface area contributed by atoms with Gasteiger partial charge in [-0.3, -0.25) is 9.78 Å². The summed E-state index contributed by atoms with van der Waals surface area (Å²) in [6, 6.07) is 9.47. The Morgan fingerprint density at radius 2 is 1.93 bits per heavy atom. The van der Waals surface area contributed by atoms with Gasteiger partial charge in [0.05, 0.1) is 29.7 Å². The molecule has 1 amide bonds. The number of hydrogen-bond donors (Lipinski definition) is 1. The fourth-order valence-corrected chi connectivity index (χ4v) is 2.90. The number of hydrogen-bond acceptors (Lipinski definition) is 6. The minimum atomic E-state index is -0.331. The lowest BCUT2D eigenvalue weighted by Gasteiger charge is -2.08. The van der Waals surface area contributed by atoms with Gasteiger partial charge in [-0.2, -0.15) is 10.1 Å². The Kier molecular flexibility index (Phi) is 5.10. The minimum Gasteiger partial charge on any atom is -0.343 e. The monoisotopic (exact) mass is 392 g/mol. The summed E-state index contributed by atoms with van der Waals surface area (Å²) < 4.78 is 20.0. The second-order valence-electron chi connectivity index (χ2n) is 6.18. The highest BCUT2D eigenvalue weighted by molar-refractivity contribution is 5.95. The number of pyridine rings is 1. The predicted molar refractivity (Wildman–Crippen MR) is 102 cm³/mol. The first-order chi connectivity index (χ1) is 14.2. The number of rotatable bonds is 6. The Morgan fingerprint density at radius 1 is 1.17 bits per heavy atom. The molecule has 1 aromatic carbocycles. The summed E-state index contributed by atoms with van der Waals surface area (Å²) in [5.41, 5.74) is 2.61. The third-order valence-corrected chi connectivity index (χ3v) is 4.33. The third kappa shape index (κ3) is 3.88. The molecule has 1 N–H and O–H groups in total.